The first-order valence-electron chi connectivity index (χ1n) is 11.5. The normalized spacial score (nSPS) is 16.7. The van der Waals surface area contributed by atoms with E-state index in [1.165, 1.54) is 11.0 Å². The summed E-state index contributed by atoms with van der Waals surface area (Å²) < 4.78 is 14.4. The molecule has 1 fully saturated rings. The van der Waals surface area contributed by atoms with E-state index in [0.29, 0.717) is 30.6 Å². The van der Waals surface area contributed by atoms with Crippen LogP contribution in [0, 0.1) is 5.82 Å². The first-order valence-corrected chi connectivity index (χ1v) is 11.5. The number of amides is 3. The van der Waals surface area contributed by atoms with Gasteiger partial charge in [0.25, 0.3) is 5.91 Å². The zero-order valence-corrected chi connectivity index (χ0v) is 19.8. The fourth-order valence-corrected chi connectivity index (χ4v) is 4.46. The fraction of sp³-hybridized carbons (Fsp3) is 0.423. The van der Waals surface area contributed by atoms with Crippen molar-refractivity contribution >= 4 is 17.9 Å². The number of carbonyl (C=O) groups excluding carboxylic acids is 2. The molecule has 2 atom stereocenters. The molecule has 0 radical (unpaired) electrons. The van der Waals surface area contributed by atoms with E-state index in [-0.39, 0.29) is 30.7 Å². The number of carbonyl (C=O) groups is 3. The zero-order valence-electron chi connectivity index (χ0n) is 19.8. The number of hydrogen-bond donors (Lipinski definition) is 2. The molecule has 8 heteroatoms. The Balaban J connectivity index is 1.70. The summed E-state index contributed by atoms with van der Waals surface area (Å²) in [6.45, 7) is 6.08. The van der Waals surface area contributed by atoms with Crippen molar-refractivity contribution in [3.05, 3.63) is 71.5 Å². The maximum atomic E-state index is 14.4. The van der Waals surface area contributed by atoms with Gasteiger partial charge in [-0.05, 0) is 57.4 Å². The third-order valence-corrected chi connectivity index (χ3v) is 6.03. The summed E-state index contributed by atoms with van der Waals surface area (Å²) in [6, 6.07) is 14.2. The lowest BCUT2D eigenvalue weighted by molar-refractivity contribution is -0.131. The lowest BCUT2D eigenvalue weighted by atomic mass is 9.95. The van der Waals surface area contributed by atoms with Crippen molar-refractivity contribution in [1.29, 1.82) is 0 Å². The first kappa shape index (κ1) is 25.2. The van der Waals surface area contributed by atoms with E-state index in [1.54, 1.807) is 68.1 Å². The third kappa shape index (κ3) is 6.34. The molecule has 3 amide bonds. The van der Waals surface area contributed by atoms with E-state index in [2.05, 4.69) is 5.32 Å². The highest BCUT2D eigenvalue weighted by atomic mass is 19.1. The first-order chi connectivity index (χ1) is 16.1. The van der Waals surface area contributed by atoms with Crippen LogP contribution >= 0.6 is 0 Å². The van der Waals surface area contributed by atoms with Gasteiger partial charge >= 0.3 is 6.09 Å². The van der Waals surface area contributed by atoms with Gasteiger partial charge in [-0.25, -0.2) is 9.18 Å². The highest BCUT2D eigenvalue weighted by Crippen LogP contribution is 2.25. The van der Waals surface area contributed by atoms with Gasteiger partial charge in [0, 0.05) is 42.7 Å². The molecule has 0 bridgehead atoms. The number of benzene rings is 2. The molecule has 34 heavy (non-hydrogen) atoms. The van der Waals surface area contributed by atoms with Crippen LogP contribution in [0.25, 0.3) is 0 Å². The molecule has 2 aromatic rings. The standard InChI is InChI=1S/C26H32FN3O4/c1-26(2,3)30(25(33)34)21(15-19-11-7-8-12-22(19)27)16-23(31)29-14-13-20(17-29)28-24(32)18-9-5-4-6-10-18/h4-12,20-21H,13-17H2,1-3H3,(H,28,32)(H,33,34)/t20-,21-/m1/s1. The number of hydrogen-bond acceptors (Lipinski definition) is 3. The molecule has 1 aliphatic heterocycles. The minimum atomic E-state index is -1.16. The molecule has 0 unspecified atom stereocenters. The summed E-state index contributed by atoms with van der Waals surface area (Å²) in [6.07, 6.45) is -0.526. The maximum absolute atomic E-state index is 14.4. The SMILES string of the molecule is CC(C)(C)N(C(=O)O)[C@@H](CC(=O)N1CC[C@@H](NC(=O)c2ccccc2)C1)Cc1ccccc1F. The molecule has 0 saturated carbocycles. The highest BCUT2D eigenvalue weighted by molar-refractivity contribution is 5.94. The molecule has 1 heterocycles. The lowest BCUT2D eigenvalue weighted by Crippen LogP contribution is -2.53. The summed E-state index contributed by atoms with van der Waals surface area (Å²) in [5, 5.41) is 12.9. The van der Waals surface area contributed by atoms with E-state index in [1.807, 2.05) is 6.07 Å². The Morgan fingerprint density at radius 3 is 2.38 bits per heavy atom. The minimum Gasteiger partial charge on any atom is -0.465 e. The van der Waals surface area contributed by atoms with E-state index >= 15 is 0 Å². The number of carboxylic acid groups (broad SMARTS) is 1. The summed E-state index contributed by atoms with van der Waals surface area (Å²) >= 11 is 0. The predicted octanol–water partition coefficient (Wildman–Crippen LogP) is 3.94. The average molecular weight is 470 g/mol. The molecule has 1 saturated heterocycles. The molecule has 182 valence electrons. The predicted molar refractivity (Wildman–Crippen MR) is 127 cm³/mol. The van der Waals surface area contributed by atoms with Crippen molar-refractivity contribution in [2.45, 2.75) is 57.7 Å². The van der Waals surface area contributed by atoms with Crippen LogP contribution in [0.1, 0.15) is 49.5 Å². The number of halogens is 1. The second kappa shape index (κ2) is 10.7. The summed E-state index contributed by atoms with van der Waals surface area (Å²) in [5.41, 5.74) is 0.143. The Labute approximate surface area is 199 Å². The topological polar surface area (TPSA) is 90.0 Å². The Hall–Kier alpha value is -3.42. The van der Waals surface area contributed by atoms with Crippen molar-refractivity contribution in [2.75, 3.05) is 13.1 Å². The highest BCUT2D eigenvalue weighted by Gasteiger charge is 2.37. The number of likely N-dealkylation sites (tertiary alicyclic amines) is 1. The Bertz CT molecular complexity index is 1020. The largest absolute Gasteiger partial charge is 0.465 e. The second-order valence-corrected chi connectivity index (χ2v) is 9.64. The minimum absolute atomic E-state index is 0.0722. The Kier molecular flexibility index (Phi) is 7.91. The van der Waals surface area contributed by atoms with Crippen molar-refractivity contribution < 1.29 is 23.9 Å². The summed E-state index contributed by atoms with van der Waals surface area (Å²) in [5.74, 6) is -0.834. The molecule has 3 rings (SSSR count). The van der Waals surface area contributed by atoms with Gasteiger partial charge in [-0.1, -0.05) is 36.4 Å². The quantitative estimate of drug-likeness (QED) is 0.643. The molecule has 2 aromatic carbocycles. The van der Waals surface area contributed by atoms with Gasteiger partial charge in [-0.2, -0.15) is 0 Å². The van der Waals surface area contributed by atoms with Crippen molar-refractivity contribution in [2.24, 2.45) is 0 Å². The lowest BCUT2D eigenvalue weighted by Gasteiger charge is -2.40. The van der Waals surface area contributed by atoms with Crippen LogP contribution in [0.5, 0.6) is 0 Å². The van der Waals surface area contributed by atoms with Gasteiger partial charge in [0.05, 0.1) is 0 Å². The van der Waals surface area contributed by atoms with E-state index < -0.39 is 23.5 Å². The van der Waals surface area contributed by atoms with Gasteiger partial charge in [0.1, 0.15) is 5.82 Å². The van der Waals surface area contributed by atoms with Gasteiger partial charge in [0.2, 0.25) is 5.91 Å². The van der Waals surface area contributed by atoms with Crippen LogP contribution in [-0.4, -0.2) is 63.5 Å². The molecule has 2 N–H and O–H groups in total. The molecule has 1 aliphatic rings. The average Bonchev–Trinajstić information content (AvgIpc) is 3.23. The molecule has 0 aliphatic carbocycles. The maximum Gasteiger partial charge on any atom is 0.408 e. The molecule has 0 spiro atoms. The Morgan fingerprint density at radius 2 is 1.76 bits per heavy atom. The van der Waals surface area contributed by atoms with Crippen LogP contribution in [-0.2, 0) is 11.2 Å². The number of nitrogens with zero attached hydrogens (tertiary/aromatic N) is 2. The van der Waals surface area contributed by atoms with Crippen LogP contribution in [0.15, 0.2) is 54.6 Å². The third-order valence-electron chi connectivity index (χ3n) is 6.03. The van der Waals surface area contributed by atoms with Crippen molar-refractivity contribution in [1.82, 2.24) is 15.1 Å². The summed E-state index contributed by atoms with van der Waals surface area (Å²) in [7, 11) is 0. The van der Waals surface area contributed by atoms with Crippen LogP contribution in [0.3, 0.4) is 0 Å². The van der Waals surface area contributed by atoms with Crippen molar-refractivity contribution in [3.63, 3.8) is 0 Å². The van der Waals surface area contributed by atoms with E-state index in [9.17, 15) is 23.9 Å². The van der Waals surface area contributed by atoms with Crippen LogP contribution < -0.4 is 5.32 Å². The number of rotatable bonds is 7. The van der Waals surface area contributed by atoms with Crippen molar-refractivity contribution in [3.8, 4) is 0 Å². The van der Waals surface area contributed by atoms with Crippen LogP contribution in [0.2, 0.25) is 0 Å². The van der Waals surface area contributed by atoms with Gasteiger partial charge in [-0.15, -0.1) is 0 Å². The fourth-order valence-electron chi connectivity index (χ4n) is 4.46. The molecular formula is C26H32FN3O4. The van der Waals surface area contributed by atoms with E-state index in [4.69, 9.17) is 0 Å². The monoisotopic (exact) mass is 469 g/mol. The molecule has 7 nitrogen and oxygen atoms in total. The zero-order chi connectivity index (χ0) is 24.9. The van der Waals surface area contributed by atoms with Gasteiger partial charge < -0.3 is 15.3 Å². The summed E-state index contributed by atoms with van der Waals surface area (Å²) in [4.78, 5) is 40.6. The van der Waals surface area contributed by atoms with Crippen LogP contribution in [0.4, 0.5) is 9.18 Å². The van der Waals surface area contributed by atoms with Gasteiger partial charge in [0.15, 0.2) is 0 Å². The smallest absolute Gasteiger partial charge is 0.408 e. The van der Waals surface area contributed by atoms with E-state index in [0.717, 1.165) is 0 Å². The second-order valence-electron chi connectivity index (χ2n) is 9.64. The molecular weight excluding hydrogens is 437 g/mol. The molecule has 0 aromatic heterocycles. The number of nitrogens with one attached hydrogen (secondary N) is 1. The van der Waals surface area contributed by atoms with Gasteiger partial charge in [-0.3, -0.25) is 14.5 Å². The Morgan fingerprint density at radius 1 is 1.12 bits per heavy atom.